The third-order valence-corrected chi connectivity index (χ3v) is 3.78. The summed E-state index contributed by atoms with van der Waals surface area (Å²) in [5.74, 6) is 0.0487. The zero-order chi connectivity index (χ0) is 16.9. The topological polar surface area (TPSA) is 53.6 Å². The minimum Gasteiger partial charge on any atom is -0.497 e. The molecule has 1 heterocycles. The summed E-state index contributed by atoms with van der Waals surface area (Å²) < 4.78 is 44.7. The van der Waals surface area contributed by atoms with Crippen molar-refractivity contribution in [2.45, 2.75) is 12.2 Å². The Bertz CT molecular complexity index is 520. The molecule has 9 heteroatoms. The van der Waals surface area contributed by atoms with Crippen LogP contribution in [-0.4, -0.2) is 62.9 Å². The van der Waals surface area contributed by atoms with E-state index in [2.05, 4.69) is 10.6 Å². The molecule has 0 aromatic heterocycles. The molecule has 24 heavy (non-hydrogen) atoms. The van der Waals surface area contributed by atoms with Gasteiger partial charge in [0.2, 0.25) is 0 Å². The van der Waals surface area contributed by atoms with Crippen LogP contribution < -0.4 is 15.4 Å². The van der Waals surface area contributed by atoms with E-state index >= 15 is 0 Å². The van der Waals surface area contributed by atoms with Gasteiger partial charge in [0.25, 0.3) is 5.91 Å². The second-order valence-corrected chi connectivity index (χ2v) is 5.28. The summed E-state index contributed by atoms with van der Waals surface area (Å²) in [6.07, 6.45) is -4.38. The molecule has 0 spiro atoms. The first-order chi connectivity index (χ1) is 10.9. The summed E-state index contributed by atoms with van der Waals surface area (Å²) in [5, 5.41) is 5.39. The molecular formula is C15H21ClF3N3O2. The van der Waals surface area contributed by atoms with Gasteiger partial charge in [-0.05, 0) is 24.3 Å². The standard InChI is InChI=1S/C15H20F3N3O2.ClH/c1-23-12-4-2-11(3-5-12)14(22)20-10-13(15(16,17)18)21-8-6-19-7-9-21;/h2-5,13,19H,6-10H2,1H3,(H,20,22);1H. The lowest BCUT2D eigenvalue weighted by Gasteiger charge is -2.35. The number of carbonyl (C=O) groups excluding carboxylic acids is 1. The van der Waals surface area contributed by atoms with Crippen molar-refractivity contribution in [3.63, 3.8) is 0 Å². The van der Waals surface area contributed by atoms with E-state index in [1.54, 1.807) is 12.1 Å². The highest BCUT2D eigenvalue weighted by molar-refractivity contribution is 5.94. The normalized spacial score (nSPS) is 16.8. The minimum atomic E-state index is -4.38. The van der Waals surface area contributed by atoms with Gasteiger partial charge in [-0.3, -0.25) is 9.69 Å². The van der Waals surface area contributed by atoms with Crippen molar-refractivity contribution in [3.05, 3.63) is 29.8 Å². The average molecular weight is 368 g/mol. The number of methoxy groups -OCH3 is 1. The lowest BCUT2D eigenvalue weighted by Crippen LogP contribution is -2.57. The van der Waals surface area contributed by atoms with Gasteiger partial charge in [0.1, 0.15) is 11.8 Å². The van der Waals surface area contributed by atoms with Crippen LogP contribution in [0.15, 0.2) is 24.3 Å². The number of ether oxygens (including phenoxy) is 1. The number of hydrogen-bond acceptors (Lipinski definition) is 4. The Kier molecular flexibility index (Phi) is 7.78. The summed E-state index contributed by atoms with van der Waals surface area (Å²) in [6, 6.07) is 4.54. The number of alkyl halides is 3. The summed E-state index contributed by atoms with van der Waals surface area (Å²) in [7, 11) is 1.50. The van der Waals surface area contributed by atoms with Crippen molar-refractivity contribution in [1.29, 1.82) is 0 Å². The van der Waals surface area contributed by atoms with Gasteiger partial charge in [-0.25, -0.2) is 0 Å². The van der Waals surface area contributed by atoms with E-state index in [1.807, 2.05) is 0 Å². The molecule has 1 saturated heterocycles. The lowest BCUT2D eigenvalue weighted by molar-refractivity contribution is -0.183. The van der Waals surface area contributed by atoms with E-state index in [-0.39, 0.29) is 12.4 Å². The summed E-state index contributed by atoms with van der Waals surface area (Å²) in [6.45, 7) is 1.18. The smallest absolute Gasteiger partial charge is 0.405 e. The predicted molar refractivity (Wildman–Crippen MR) is 86.9 cm³/mol. The molecule has 2 rings (SSSR count). The van der Waals surface area contributed by atoms with Crippen molar-refractivity contribution in [1.82, 2.24) is 15.5 Å². The Labute approximate surface area is 144 Å². The molecule has 5 nitrogen and oxygen atoms in total. The molecule has 1 aromatic carbocycles. The molecule has 1 aromatic rings. The fourth-order valence-corrected chi connectivity index (χ4v) is 2.48. The van der Waals surface area contributed by atoms with Crippen LogP contribution >= 0.6 is 12.4 Å². The van der Waals surface area contributed by atoms with Crippen LogP contribution in [0.5, 0.6) is 5.75 Å². The maximum atomic E-state index is 13.2. The van der Waals surface area contributed by atoms with Crippen LogP contribution in [0, 0.1) is 0 Å². The van der Waals surface area contributed by atoms with Gasteiger partial charge in [-0.1, -0.05) is 0 Å². The van der Waals surface area contributed by atoms with E-state index in [1.165, 1.54) is 24.1 Å². The fraction of sp³-hybridized carbons (Fsp3) is 0.533. The molecule has 1 aliphatic heterocycles. The van der Waals surface area contributed by atoms with Gasteiger partial charge in [-0.2, -0.15) is 13.2 Å². The maximum absolute atomic E-state index is 13.2. The fourth-order valence-electron chi connectivity index (χ4n) is 2.48. The molecular weight excluding hydrogens is 347 g/mol. The Hall–Kier alpha value is -1.51. The number of benzene rings is 1. The van der Waals surface area contributed by atoms with Crippen LogP contribution in [0.4, 0.5) is 13.2 Å². The van der Waals surface area contributed by atoms with Crippen molar-refractivity contribution in [2.24, 2.45) is 0 Å². The van der Waals surface area contributed by atoms with Crippen molar-refractivity contribution in [2.75, 3.05) is 39.8 Å². The summed E-state index contributed by atoms with van der Waals surface area (Å²) >= 11 is 0. The molecule has 0 bridgehead atoms. The number of carbonyl (C=O) groups is 1. The highest BCUT2D eigenvalue weighted by Gasteiger charge is 2.43. The third kappa shape index (κ3) is 5.54. The predicted octanol–water partition coefficient (Wildman–Crippen LogP) is 1.68. The van der Waals surface area contributed by atoms with Gasteiger partial charge in [-0.15, -0.1) is 12.4 Å². The van der Waals surface area contributed by atoms with E-state index in [4.69, 9.17) is 4.74 Å². The van der Waals surface area contributed by atoms with Crippen LogP contribution in [0.2, 0.25) is 0 Å². The maximum Gasteiger partial charge on any atom is 0.405 e. The molecule has 0 saturated carbocycles. The molecule has 1 fully saturated rings. The van der Waals surface area contributed by atoms with Crippen LogP contribution in [-0.2, 0) is 0 Å². The molecule has 136 valence electrons. The number of halogens is 4. The van der Waals surface area contributed by atoms with Crippen LogP contribution in [0.3, 0.4) is 0 Å². The van der Waals surface area contributed by atoms with E-state index in [0.717, 1.165) is 0 Å². The van der Waals surface area contributed by atoms with Gasteiger partial charge >= 0.3 is 6.18 Å². The molecule has 0 radical (unpaired) electrons. The second-order valence-electron chi connectivity index (χ2n) is 5.28. The summed E-state index contributed by atoms with van der Waals surface area (Å²) in [4.78, 5) is 13.4. The van der Waals surface area contributed by atoms with Crippen molar-refractivity contribution >= 4 is 18.3 Å². The molecule has 0 aliphatic carbocycles. The number of rotatable bonds is 5. The lowest BCUT2D eigenvalue weighted by atomic mass is 10.1. The zero-order valence-corrected chi connectivity index (χ0v) is 14.0. The number of nitrogens with one attached hydrogen (secondary N) is 2. The number of hydrogen-bond donors (Lipinski definition) is 2. The van der Waals surface area contributed by atoms with Gasteiger partial charge in [0.05, 0.1) is 7.11 Å². The zero-order valence-electron chi connectivity index (χ0n) is 13.2. The third-order valence-electron chi connectivity index (χ3n) is 3.78. The van der Waals surface area contributed by atoms with Crippen LogP contribution in [0.1, 0.15) is 10.4 Å². The first kappa shape index (κ1) is 20.5. The van der Waals surface area contributed by atoms with E-state index in [0.29, 0.717) is 37.5 Å². The first-order valence-corrected chi connectivity index (χ1v) is 7.35. The Morgan fingerprint density at radius 1 is 1.29 bits per heavy atom. The van der Waals surface area contributed by atoms with E-state index < -0.39 is 24.7 Å². The van der Waals surface area contributed by atoms with Gasteiger partial charge in [0, 0.05) is 38.3 Å². The molecule has 2 N–H and O–H groups in total. The molecule has 1 unspecified atom stereocenters. The Morgan fingerprint density at radius 2 is 1.88 bits per heavy atom. The number of piperazine rings is 1. The van der Waals surface area contributed by atoms with Crippen molar-refractivity contribution in [3.8, 4) is 5.75 Å². The van der Waals surface area contributed by atoms with E-state index in [9.17, 15) is 18.0 Å². The second kappa shape index (κ2) is 9.10. The SMILES string of the molecule is COc1ccc(C(=O)NCC(N2CCNCC2)C(F)(F)F)cc1.Cl. The van der Waals surface area contributed by atoms with Gasteiger partial charge in [0.15, 0.2) is 0 Å². The molecule has 1 amide bonds. The van der Waals surface area contributed by atoms with Gasteiger partial charge < -0.3 is 15.4 Å². The Morgan fingerprint density at radius 3 is 2.38 bits per heavy atom. The largest absolute Gasteiger partial charge is 0.497 e. The van der Waals surface area contributed by atoms with Crippen LogP contribution in [0.25, 0.3) is 0 Å². The Balaban J connectivity index is 0.00000288. The monoisotopic (exact) mass is 367 g/mol. The average Bonchev–Trinajstić information content (AvgIpc) is 2.54. The first-order valence-electron chi connectivity index (χ1n) is 7.35. The number of amides is 1. The quantitative estimate of drug-likeness (QED) is 0.831. The highest BCUT2D eigenvalue weighted by Crippen LogP contribution is 2.25. The summed E-state index contributed by atoms with van der Waals surface area (Å²) in [5.41, 5.74) is 0.298. The molecule has 1 aliphatic rings. The molecule has 1 atom stereocenters. The van der Waals surface area contributed by atoms with Crippen molar-refractivity contribution < 1.29 is 22.7 Å². The number of nitrogens with zero attached hydrogens (tertiary/aromatic N) is 1. The minimum absolute atomic E-state index is 0. The highest BCUT2D eigenvalue weighted by atomic mass is 35.5.